The lowest BCUT2D eigenvalue weighted by Gasteiger charge is -2.07. The van der Waals surface area contributed by atoms with Crippen molar-refractivity contribution in [1.29, 1.82) is 0 Å². The number of anilines is 1. The van der Waals surface area contributed by atoms with Gasteiger partial charge in [-0.25, -0.2) is 8.42 Å². The van der Waals surface area contributed by atoms with Crippen LogP contribution in [-0.4, -0.2) is 38.0 Å². The Hall–Kier alpha value is -1.84. The summed E-state index contributed by atoms with van der Waals surface area (Å²) in [5, 5.41) is 5.50. The molecular formula is C18H19BrN2O4S2. The third kappa shape index (κ3) is 7.74. The van der Waals surface area contributed by atoms with Crippen LogP contribution in [-0.2, 0) is 26.0 Å². The van der Waals surface area contributed by atoms with Gasteiger partial charge in [0, 0.05) is 23.0 Å². The number of amides is 2. The van der Waals surface area contributed by atoms with Crippen molar-refractivity contribution in [2.45, 2.75) is 11.4 Å². The van der Waals surface area contributed by atoms with Crippen LogP contribution in [0, 0.1) is 0 Å². The van der Waals surface area contributed by atoms with Gasteiger partial charge < -0.3 is 10.6 Å². The van der Waals surface area contributed by atoms with Crippen molar-refractivity contribution in [2.24, 2.45) is 0 Å². The minimum absolute atomic E-state index is 0.160. The second kappa shape index (κ2) is 9.91. The van der Waals surface area contributed by atoms with E-state index in [1.807, 2.05) is 12.1 Å². The monoisotopic (exact) mass is 470 g/mol. The van der Waals surface area contributed by atoms with Gasteiger partial charge in [0.25, 0.3) is 0 Å². The van der Waals surface area contributed by atoms with Gasteiger partial charge in [-0.3, -0.25) is 9.59 Å². The number of benzene rings is 2. The molecule has 0 aliphatic carbocycles. The first-order chi connectivity index (χ1) is 12.7. The number of carbonyl (C=O) groups excluding carboxylic acids is 2. The lowest BCUT2D eigenvalue weighted by Crippen LogP contribution is -2.25. The number of rotatable bonds is 8. The molecule has 0 bridgehead atoms. The molecule has 6 nitrogen and oxygen atoms in total. The van der Waals surface area contributed by atoms with Crippen molar-refractivity contribution < 1.29 is 18.0 Å². The lowest BCUT2D eigenvalue weighted by molar-refractivity contribution is -0.118. The molecule has 0 unspecified atom stereocenters. The first kappa shape index (κ1) is 21.5. The first-order valence-corrected chi connectivity index (χ1v) is 11.8. The number of thioether (sulfide) groups is 1. The maximum absolute atomic E-state index is 11.9. The molecule has 144 valence electrons. The van der Waals surface area contributed by atoms with E-state index in [0.717, 1.165) is 16.3 Å². The summed E-state index contributed by atoms with van der Waals surface area (Å²) in [5.41, 5.74) is 1.49. The zero-order chi connectivity index (χ0) is 19.9. The number of hydrogen-bond acceptors (Lipinski definition) is 5. The molecule has 0 spiro atoms. The molecule has 0 radical (unpaired) electrons. The minimum atomic E-state index is -3.23. The van der Waals surface area contributed by atoms with E-state index in [1.54, 1.807) is 24.3 Å². The topological polar surface area (TPSA) is 92.3 Å². The average Bonchev–Trinajstić information content (AvgIpc) is 2.59. The Morgan fingerprint density at radius 1 is 1.04 bits per heavy atom. The zero-order valence-electron chi connectivity index (χ0n) is 14.6. The highest BCUT2D eigenvalue weighted by atomic mass is 79.9. The zero-order valence-corrected chi connectivity index (χ0v) is 17.8. The molecule has 0 saturated carbocycles. The molecular weight excluding hydrogens is 452 g/mol. The fourth-order valence-corrected chi connectivity index (χ4v) is 3.78. The average molecular weight is 471 g/mol. The Labute approximate surface area is 171 Å². The van der Waals surface area contributed by atoms with Gasteiger partial charge in [-0.1, -0.05) is 34.1 Å². The highest BCUT2D eigenvalue weighted by Crippen LogP contribution is 2.16. The molecule has 2 rings (SSSR count). The molecule has 0 heterocycles. The van der Waals surface area contributed by atoms with Crippen molar-refractivity contribution in [2.75, 3.05) is 23.1 Å². The molecule has 2 aromatic carbocycles. The molecule has 0 atom stereocenters. The summed E-state index contributed by atoms with van der Waals surface area (Å²) >= 11 is 4.55. The predicted molar refractivity (Wildman–Crippen MR) is 111 cm³/mol. The fraction of sp³-hybridized carbons (Fsp3) is 0.222. The number of hydrogen-bond donors (Lipinski definition) is 2. The van der Waals surface area contributed by atoms with Crippen LogP contribution in [0.5, 0.6) is 0 Å². The molecule has 0 saturated heterocycles. The van der Waals surface area contributed by atoms with Crippen molar-refractivity contribution in [3.05, 3.63) is 58.6 Å². The summed E-state index contributed by atoms with van der Waals surface area (Å²) in [6.45, 7) is 0.299. The first-order valence-electron chi connectivity index (χ1n) is 7.93. The van der Waals surface area contributed by atoms with E-state index in [2.05, 4.69) is 26.6 Å². The predicted octanol–water partition coefficient (Wildman–Crippen LogP) is 2.84. The summed E-state index contributed by atoms with van der Waals surface area (Å²) in [7, 11) is -3.23. The van der Waals surface area contributed by atoms with E-state index in [-0.39, 0.29) is 28.2 Å². The van der Waals surface area contributed by atoms with Crippen LogP contribution in [0.4, 0.5) is 5.69 Å². The van der Waals surface area contributed by atoms with E-state index in [4.69, 9.17) is 0 Å². The third-order valence-electron chi connectivity index (χ3n) is 3.42. The number of nitrogens with one attached hydrogen (secondary N) is 2. The van der Waals surface area contributed by atoms with Crippen molar-refractivity contribution in [1.82, 2.24) is 5.32 Å². The molecule has 0 aliphatic heterocycles. The van der Waals surface area contributed by atoms with Crippen LogP contribution in [0.15, 0.2) is 57.9 Å². The van der Waals surface area contributed by atoms with Crippen LogP contribution in [0.25, 0.3) is 0 Å². The number of carbonyl (C=O) groups is 2. The van der Waals surface area contributed by atoms with Gasteiger partial charge in [0.1, 0.15) is 0 Å². The van der Waals surface area contributed by atoms with Gasteiger partial charge in [0.15, 0.2) is 9.84 Å². The summed E-state index contributed by atoms with van der Waals surface area (Å²) < 4.78 is 23.7. The standard InChI is InChI=1S/C18H19BrN2O4S2/c1-27(24,25)16-7-5-13(6-8-16)10-20-17(22)11-26-12-18(23)21-15-4-2-3-14(19)9-15/h2-9H,10-12H2,1H3,(H,20,22)(H,21,23). The molecule has 0 aromatic heterocycles. The van der Waals surface area contributed by atoms with Gasteiger partial charge >= 0.3 is 0 Å². The van der Waals surface area contributed by atoms with Gasteiger partial charge in [-0.05, 0) is 35.9 Å². The van der Waals surface area contributed by atoms with Crippen LogP contribution >= 0.6 is 27.7 Å². The molecule has 27 heavy (non-hydrogen) atoms. The Bertz CT molecular complexity index is 915. The van der Waals surface area contributed by atoms with Crippen molar-refractivity contribution >= 4 is 55.0 Å². The quantitative estimate of drug-likeness (QED) is 0.618. The Morgan fingerprint density at radius 2 is 1.70 bits per heavy atom. The molecule has 2 N–H and O–H groups in total. The SMILES string of the molecule is CS(=O)(=O)c1ccc(CNC(=O)CSCC(=O)Nc2cccc(Br)c2)cc1. The summed E-state index contributed by atoms with van der Waals surface area (Å²) in [4.78, 5) is 24.0. The molecule has 9 heteroatoms. The van der Waals surface area contributed by atoms with E-state index in [9.17, 15) is 18.0 Å². The van der Waals surface area contributed by atoms with E-state index < -0.39 is 9.84 Å². The number of sulfone groups is 1. The van der Waals surface area contributed by atoms with Gasteiger partial charge in [-0.15, -0.1) is 11.8 Å². The van der Waals surface area contributed by atoms with E-state index in [0.29, 0.717) is 12.2 Å². The summed E-state index contributed by atoms with van der Waals surface area (Å²) in [5.74, 6) is -0.0410. The fourth-order valence-electron chi connectivity index (χ4n) is 2.11. The second-order valence-electron chi connectivity index (χ2n) is 5.74. The molecule has 0 aliphatic rings. The molecule has 2 amide bonds. The largest absolute Gasteiger partial charge is 0.351 e. The van der Waals surface area contributed by atoms with Crippen molar-refractivity contribution in [3.63, 3.8) is 0 Å². The van der Waals surface area contributed by atoms with Crippen molar-refractivity contribution in [3.8, 4) is 0 Å². The van der Waals surface area contributed by atoms with Gasteiger partial charge in [0.05, 0.1) is 16.4 Å². The lowest BCUT2D eigenvalue weighted by atomic mass is 10.2. The second-order valence-corrected chi connectivity index (χ2v) is 9.66. The minimum Gasteiger partial charge on any atom is -0.351 e. The maximum atomic E-state index is 11.9. The number of halogens is 1. The Balaban J connectivity index is 1.69. The normalized spacial score (nSPS) is 11.0. The molecule has 0 fully saturated rings. The maximum Gasteiger partial charge on any atom is 0.234 e. The summed E-state index contributed by atoms with van der Waals surface area (Å²) in [6.07, 6.45) is 1.15. The highest BCUT2D eigenvalue weighted by molar-refractivity contribution is 9.10. The van der Waals surface area contributed by atoms with E-state index in [1.165, 1.54) is 23.9 Å². The Kier molecular flexibility index (Phi) is 7.88. The van der Waals surface area contributed by atoms with Crippen LogP contribution in [0.3, 0.4) is 0 Å². The van der Waals surface area contributed by atoms with Gasteiger partial charge in [0.2, 0.25) is 11.8 Å². The smallest absolute Gasteiger partial charge is 0.234 e. The Morgan fingerprint density at radius 3 is 2.33 bits per heavy atom. The van der Waals surface area contributed by atoms with Crippen LogP contribution in [0.1, 0.15) is 5.56 Å². The third-order valence-corrected chi connectivity index (χ3v) is 5.97. The summed E-state index contributed by atoms with van der Waals surface area (Å²) in [6, 6.07) is 13.6. The van der Waals surface area contributed by atoms with Crippen LogP contribution < -0.4 is 10.6 Å². The van der Waals surface area contributed by atoms with Crippen LogP contribution in [0.2, 0.25) is 0 Å². The van der Waals surface area contributed by atoms with Gasteiger partial charge in [-0.2, -0.15) is 0 Å². The molecule has 2 aromatic rings. The highest BCUT2D eigenvalue weighted by Gasteiger charge is 2.08. The van der Waals surface area contributed by atoms with E-state index >= 15 is 0 Å².